The van der Waals surface area contributed by atoms with Gasteiger partial charge in [-0.1, -0.05) is 91.0 Å². The van der Waals surface area contributed by atoms with Crippen LogP contribution in [0.15, 0.2) is 91.0 Å². The first-order valence-corrected chi connectivity index (χ1v) is 9.70. The van der Waals surface area contributed by atoms with E-state index in [4.69, 9.17) is 9.47 Å². The zero-order valence-electron chi connectivity index (χ0n) is 16.5. The summed E-state index contributed by atoms with van der Waals surface area (Å²) >= 11 is 0. The van der Waals surface area contributed by atoms with Crippen molar-refractivity contribution in [2.75, 3.05) is 0 Å². The van der Waals surface area contributed by atoms with Crippen molar-refractivity contribution in [1.29, 1.82) is 0 Å². The van der Waals surface area contributed by atoms with Crippen molar-refractivity contribution < 1.29 is 19.4 Å². The van der Waals surface area contributed by atoms with Crippen molar-refractivity contribution in [2.24, 2.45) is 0 Å². The SMILES string of the molecule is CC1(C)OC(C(=O)c2ccccc2)C(C(O)(c2ccccc2)c2ccccc2)O1. The molecule has 2 atom stereocenters. The Bertz CT molecular complexity index is 928. The van der Waals surface area contributed by atoms with Gasteiger partial charge in [0.05, 0.1) is 0 Å². The number of hydrogen-bond donors (Lipinski definition) is 1. The molecule has 1 aliphatic heterocycles. The molecule has 1 aliphatic rings. The molecular weight excluding hydrogens is 364 g/mol. The Kier molecular flexibility index (Phi) is 5.09. The first-order valence-electron chi connectivity index (χ1n) is 9.70. The van der Waals surface area contributed by atoms with E-state index in [1.54, 1.807) is 26.0 Å². The van der Waals surface area contributed by atoms with Gasteiger partial charge in [0, 0.05) is 5.56 Å². The molecule has 1 heterocycles. The highest BCUT2D eigenvalue weighted by molar-refractivity contribution is 6.00. The molecule has 4 heteroatoms. The maximum atomic E-state index is 13.3. The first kappa shape index (κ1) is 19.5. The van der Waals surface area contributed by atoms with Crippen molar-refractivity contribution in [2.45, 2.75) is 37.4 Å². The molecule has 0 aromatic heterocycles. The van der Waals surface area contributed by atoms with Crippen molar-refractivity contribution >= 4 is 5.78 Å². The minimum Gasteiger partial charge on any atom is -0.378 e. The second kappa shape index (κ2) is 7.56. The molecule has 3 aromatic carbocycles. The van der Waals surface area contributed by atoms with Gasteiger partial charge in [-0.3, -0.25) is 4.79 Å². The van der Waals surface area contributed by atoms with Crippen molar-refractivity contribution in [3.05, 3.63) is 108 Å². The molecule has 0 bridgehead atoms. The second-order valence-electron chi connectivity index (χ2n) is 7.71. The molecule has 0 saturated carbocycles. The summed E-state index contributed by atoms with van der Waals surface area (Å²) in [6.07, 6.45) is -1.88. The van der Waals surface area contributed by atoms with Crippen LogP contribution in [0.25, 0.3) is 0 Å². The number of benzene rings is 3. The Morgan fingerprint density at radius 2 is 1.24 bits per heavy atom. The molecule has 4 rings (SSSR count). The smallest absolute Gasteiger partial charge is 0.194 e. The van der Waals surface area contributed by atoms with Crippen LogP contribution in [-0.4, -0.2) is 28.9 Å². The molecule has 0 radical (unpaired) electrons. The van der Waals surface area contributed by atoms with Gasteiger partial charge in [0.15, 0.2) is 17.7 Å². The van der Waals surface area contributed by atoms with E-state index < -0.39 is 23.6 Å². The van der Waals surface area contributed by atoms with Gasteiger partial charge in [0.25, 0.3) is 0 Å². The van der Waals surface area contributed by atoms with Gasteiger partial charge in [-0.25, -0.2) is 0 Å². The number of carbonyl (C=O) groups excluding carboxylic acids is 1. The summed E-state index contributed by atoms with van der Waals surface area (Å²) in [5, 5.41) is 12.1. The highest BCUT2D eigenvalue weighted by Crippen LogP contribution is 2.43. The molecular formula is C25H24O4. The third-order valence-electron chi connectivity index (χ3n) is 5.25. The number of aliphatic hydroxyl groups is 1. The van der Waals surface area contributed by atoms with Crippen molar-refractivity contribution in [3.8, 4) is 0 Å². The van der Waals surface area contributed by atoms with E-state index in [0.717, 1.165) is 0 Å². The fourth-order valence-corrected chi connectivity index (χ4v) is 3.90. The number of ketones is 1. The summed E-state index contributed by atoms with van der Waals surface area (Å²) < 4.78 is 12.2. The van der Waals surface area contributed by atoms with Crippen LogP contribution in [-0.2, 0) is 15.1 Å². The number of hydrogen-bond acceptors (Lipinski definition) is 4. The number of ether oxygens (including phenoxy) is 2. The Hall–Kier alpha value is -2.79. The van der Waals surface area contributed by atoms with Crippen LogP contribution in [0.1, 0.15) is 35.3 Å². The predicted octanol–water partition coefficient (Wildman–Crippen LogP) is 4.33. The summed E-state index contributed by atoms with van der Waals surface area (Å²) in [6, 6.07) is 27.5. The van der Waals surface area contributed by atoms with Gasteiger partial charge in [-0.2, -0.15) is 0 Å². The van der Waals surface area contributed by atoms with Gasteiger partial charge in [-0.05, 0) is 25.0 Å². The zero-order valence-corrected chi connectivity index (χ0v) is 16.5. The van der Waals surface area contributed by atoms with Crippen molar-refractivity contribution in [3.63, 3.8) is 0 Å². The minimum absolute atomic E-state index is 0.216. The van der Waals surface area contributed by atoms with E-state index in [1.807, 2.05) is 78.9 Å². The predicted molar refractivity (Wildman–Crippen MR) is 110 cm³/mol. The Morgan fingerprint density at radius 3 is 1.72 bits per heavy atom. The van der Waals surface area contributed by atoms with Crippen LogP contribution >= 0.6 is 0 Å². The van der Waals surface area contributed by atoms with E-state index in [9.17, 15) is 9.90 Å². The Balaban J connectivity index is 1.85. The van der Waals surface area contributed by atoms with E-state index >= 15 is 0 Å². The van der Waals surface area contributed by atoms with Crippen molar-refractivity contribution in [1.82, 2.24) is 0 Å². The average molecular weight is 388 g/mol. The summed E-state index contributed by atoms with van der Waals surface area (Å²) in [5.74, 6) is -1.23. The highest BCUT2D eigenvalue weighted by atomic mass is 16.8. The summed E-state index contributed by atoms with van der Waals surface area (Å²) in [6.45, 7) is 3.52. The van der Waals surface area contributed by atoms with Crippen LogP contribution < -0.4 is 0 Å². The molecule has 2 unspecified atom stereocenters. The molecule has 1 fully saturated rings. The monoisotopic (exact) mass is 388 g/mol. The van der Waals surface area contributed by atoms with Crippen LogP contribution in [0.5, 0.6) is 0 Å². The normalized spacial score (nSPS) is 21.1. The molecule has 3 aromatic rings. The third-order valence-corrected chi connectivity index (χ3v) is 5.25. The van der Waals surface area contributed by atoms with E-state index in [2.05, 4.69) is 0 Å². The maximum Gasteiger partial charge on any atom is 0.194 e. The highest BCUT2D eigenvalue weighted by Gasteiger charge is 2.56. The summed E-state index contributed by atoms with van der Waals surface area (Å²) in [5.41, 5.74) is 0.241. The quantitative estimate of drug-likeness (QED) is 0.661. The lowest BCUT2D eigenvalue weighted by molar-refractivity contribution is -0.165. The minimum atomic E-state index is -1.56. The Labute approximate surface area is 170 Å². The number of carbonyl (C=O) groups is 1. The largest absolute Gasteiger partial charge is 0.378 e. The van der Waals surface area contributed by atoms with Gasteiger partial charge in [0.2, 0.25) is 0 Å². The first-order chi connectivity index (χ1) is 13.9. The third kappa shape index (κ3) is 3.62. The molecule has 148 valence electrons. The van der Waals surface area contributed by atoms with Crippen LogP contribution in [0.4, 0.5) is 0 Å². The molecule has 0 aliphatic carbocycles. The maximum absolute atomic E-state index is 13.3. The van der Waals surface area contributed by atoms with Gasteiger partial charge in [-0.15, -0.1) is 0 Å². The summed E-state index contributed by atoms with van der Waals surface area (Å²) in [7, 11) is 0. The topological polar surface area (TPSA) is 55.8 Å². The van der Waals surface area contributed by atoms with E-state index in [-0.39, 0.29) is 5.78 Å². The number of Topliss-reactive ketones (excluding diaryl/α,β-unsaturated/α-hetero) is 1. The average Bonchev–Trinajstić information content (AvgIpc) is 3.10. The molecule has 1 N–H and O–H groups in total. The second-order valence-corrected chi connectivity index (χ2v) is 7.71. The van der Waals surface area contributed by atoms with E-state index in [0.29, 0.717) is 16.7 Å². The lowest BCUT2D eigenvalue weighted by Crippen LogP contribution is -2.49. The Morgan fingerprint density at radius 1 is 0.793 bits per heavy atom. The molecule has 1 saturated heterocycles. The molecule has 0 amide bonds. The lowest BCUT2D eigenvalue weighted by atomic mass is 9.78. The van der Waals surface area contributed by atoms with Gasteiger partial charge in [0.1, 0.15) is 11.7 Å². The standard InChI is InChI=1S/C25H24O4/c1-24(2)28-22(21(26)18-12-6-3-7-13-18)23(29-24)25(27,19-14-8-4-9-15-19)20-16-10-5-11-17-20/h3-17,22-23,27H,1-2H3. The fraction of sp³-hybridized carbons (Fsp3) is 0.240. The molecule has 29 heavy (non-hydrogen) atoms. The fourth-order valence-electron chi connectivity index (χ4n) is 3.90. The lowest BCUT2D eigenvalue weighted by Gasteiger charge is -2.36. The van der Waals surface area contributed by atoms with Crippen LogP contribution in [0.3, 0.4) is 0 Å². The van der Waals surface area contributed by atoms with Gasteiger partial charge < -0.3 is 14.6 Å². The van der Waals surface area contributed by atoms with Crippen LogP contribution in [0.2, 0.25) is 0 Å². The van der Waals surface area contributed by atoms with Gasteiger partial charge >= 0.3 is 0 Å². The zero-order chi connectivity index (χ0) is 20.5. The number of rotatable bonds is 5. The summed E-state index contributed by atoms with van der Waals surface area (Å²) in [4.78, 5) is 13.3. The van der Waals surface area contributed by atoms with E-state index in [1.165, 1.54) is 0 Å². The molecule has 4 nitrogen and oxygen atoms in total. The van der Waals surface area contributed by atoms with Crippen LogP contribution in [0, 0.1) is 0 Å². The molecule has 0 spiro atoms.